The van der Waals surface area contributed by atoms with Crippen LogP contribution in [-0.4, -0.2) is 11.8 Å². The molecule has 1 unspecified atom stereocenters. The monoisotopic (exact) mass is 316 g/mol. The normalized spacial score (nSPS) is 13.0. The smallest absolute Gasteiger partial charge is 0.0304 e. The van der Waals surface area contributed by atoms with Crippen LogP contribution >= 0.6 is 27.7 Å². The van der Waals surface area contributed by atoms with Crippen molar-refractivity contribution in [2.45, 2.75) is 37.6 Å². The van der Waals surface area contributed by atoms with Crippen molar-refractivity contribution >= 4 is 27.7 Å². The van der Waals surface area contributed by atoms with Crippen molar-refractivity contribution in [1.82, 2.24) is 5.43 Å². The summed E-state index contributed by atoms with van der Waals surface area (Å²) >= 11 is 5.29. The van der Waals surface area contributed by atoms with Gasteiger partial charge in [0.1, 0.15) is 0 Å². The van der Waals surface area contributed by atoms with Gasteiger partial charge in [-0.25, -0.2) is 0 Å². The fourth-order valence-corrected chi connectivity index (χ4v) is 2.73. The molecule has 17 heavy (non-hydrogen) atoms. The maximum Gasteiger partial charge on any atom is 0.0304 e. The van der Waals surface area contributed by atoms with Crippen LogP contribution in [0.25, 0.3) is 0 Å². The Morgan fingerprint density at radius 2 is 1.88 bits per heavy atom. The molecule has 0 bridgehead atoms. The van der Waals surface area contributed by atoms with Gasteiger partial charge in [0.05, 0.1) is 0 Å². The van der Waals surface area contributed by atoms with Crippen LogP contribution in [0.2, 0.25) is 0 Å². The molecule has 1 atom stereocenters. The molecule has 0 amide bonds. The van der Waals surface area contributed by atoms with Crippen molar-refractivity contribution in [2.75, 3.05) is 5.75 Å². The molecule has 0 fully saturated rings. The van der Waals surface area contributed by atoms with Crippen LogP contribution in [-0.2, 0) is 0 Å². The molecular formula is C13H21BrN2S. The van der Waals surface area contributed by atoms with Crippen molar-refractivity contribution in [3.63, 3.8) is 0 Å². The Kier molecular flexibility index (Phi) is 7.19. The first kappa shape index (κ1) is 15.0. The number of hydrogen-bond donors (Lipinski definition) is 2. The Hall–Kier alpha value is -0.0300. The number of hydrazine groups is 1. The summed E-state index contributed by atoms with van der Waals surface area (Å²) < 4.78 is 1.12. The van der Waals surface area contributed by atoms with Crippen LogP contribution < -0.4 is 11.3 Å². The minimum atomic E-state index is 0.394. The van der Waals surface area contributed by atoms with Gasteiger partial charge in [-0.1, -0.05) is 29.8 Å². The zero-order chi connectivity index (χ0) is 12.7. The molecule has 0 radical (unpaired) electrons. The fraction of sp³-hybridized carbons (Fsp3) is 0.538. The topological polar surface area (TPSA) is 38.0 Å². The van der Waals surface area contributed by atoms with Gasteiger partial charge in [-0.2, -0.15) is 0 Å². The predicted octanol–water partition coefficient (Wildman–Crippen LogP) is 3.81. The Morgan fingerprint density at radius 1 is 1.24 bits per heavy atom. The van der Waals surface area contributed by atoms with Gasteiger partial charge in [0, 0.05) is 21.2 Å². The van der Waals surface area contributed by atoms with E-state index in [1.807, 2.05) is 11.8 Å². The van der Waals surface area contributed by atoms with Gasteiger partial charge in [-0.15, -0.1) is 11.8 Å². The van der Waals surface area contributed by atoms with Crippen molar-refractivity contribution in [1.29, 1.82) is 0 Å². The van der Waals surface area contributed by atoms with Crippen LogP contribution in [0.1, 0.15) is 26.7 Å². The molecule has 3 N–H and O–H groups in total. The molecule has 0 aliphatic carbocycles. The molecule has 0 aliphatic heterocycles. The van der Waals surface area contributed by atoms with E-state index < -0.39 is 0 Å². The predicted molar refractivity (Wildman–Crippen MR) is 80.0 cm³/mol. The highest BCUT2D eigenvalue weighted by molar-refractivity contribution is 9.10. The number of rotatable bonds is 7. The van der Waals surface area contributed by atoms with E-state index in [4.69, 9.17) is 5.84 Å². The summed E-state index contributed by atoms with van der Waals surface area (Å²) in [6.45, 7) is 4.49. The molecule has 0 aliphatic rings. The van der Waals surface area contributed by atoms with E-state index in [1.165, 1.54) is 11.3 Å². The molecule has 0 heterocycles. The third-order valence-corrected chi connectivity index (χ3v) is 4.30. The maximum atomic E-state index is 5.58. The molecule has 2 nitrogen and oxygen atoms in total. The Balaban J connectivity index is 2.34. The number of hydrogen-bond acceptors (Lipinski definition) is 3. The molecule has 0 saturated carbocycles. The Labute approximate surface area is 117 Å². The first-order chi connectivity index (χ1) is 8.11. The van der Waals surface area contributed by atoms with Gasteiger partial charge >= 0.3 is 0 Å². The molecule has 96 valence electrons. The van der Waals surface area contributed by atoms with Crippen LogP contribution in [0.15, 0.2) is 33.6 Å². The summed E-state index contributed by atoms with van der Waals surface area (Å²) in [5.74, 6) is 7.33. The second kappa shape index (κ2) is 8.14. The second-order valence-electron chi connectivity index (χ2n) is 4.60. The maximum absolute atomic E-state index is 5.58. The van der Waals surface area contributed by atoms with Gasteiger partial charge < -0.3 is 0 Å². The first-order valence-corrected chi connectivity index (χ1v) is 7.74. The quantitative estimate of drug-likeness (QED) is 0.456. The lowest BCUT2D eigenvalue weighted by molar-refractivity contribution is 0.464. The standard InChI is InChI=1S/C13H21BrN2S/c1-10(2)3-6-12(16-15)9-17-13-7-4-11(14)5-8-13/h4-5,7-8,10,12,16H,3,6,9,15H2,1-2H3. The minimum absolute atomic E-state index is 0.394. The van der Waals surface area contributed by atoms with Crippen LogP contribution in [0.5, 0.6) is 0 Å². The lowest BCUT2D eigenvalue weighted by atomic mass is 10.0. The van der Waals surface area contributed by atoms with Crippen molar-refractivity contribution in [3.05, 3.63) is 28.7 Å². The number of thioether (sulfide) groups is 1. The second-order valence-corrected chi connectivity index (χ2v) is 6.61. The molecule has 1 aromatic rings. The average Bonchev–Trinajstić information content (AvgIpc) is 2.31. The molecule has 0 aromatic heterocycles. The highest BCUT2D eigenvalue weighted by Crippen LogP contribution is 2.22. The van der Waals surface area contributed by atoms with Crippen molar-refractivity contribution in [2.24, 2.45) is 11.8 Å². The van der Waals surface area contributed by atoms with E-state index in [9.17, 15) is 0 Å². The summed E-state index contributed by atoms with van der Waals surface area (Å²) in [6, 6.07) is 8.80. The zero-order valence-electron chi connectivity index (χ0n) is 10.4. The van der Waals surface area contributed by atoms with Crippen molar-refractivity contribution in [3.8, 4) is 0 Å². The van der Waals surface area contributed by atoms with Crippen LogP contribution in [0.4, 0.5) is 0 Å². The van der Waals surface area contributed by atoms with Crippen molar-refractivity contribution < 1.29 is 0 Å². The fourth-order valence-electron chi connectivity index (χ4n) is 1.48. The number of benzene rings is 1. The zero-order valence-corrected chi connectivity index (χ0v) is 12.9. The summed E-state index contributed by atoms with van der Waals surface area (Å²) in [5.41, 5.74) is 2.91. The number of nitrogens with two attached hydrogens (primary N) is 1. The summed E-state index contributed by atoms with van der Waals surface area (Å²) in [7, 11) is 0. The SMILES string of the molecule is CC(C)CCC(CSc1ccc(Br)cc1)NN. The molecule has 0 saturated heterocycles. The molecular weight excluding hydrogens is 296 g/mol. The number of nitrogens with one attached hydrogen (secondary N) is 1. The largest absolute Gasteiger partial charge is 0.271 e. The summed E-state index contributed by atoms with van der Waals surface area (Å²) in [4.78, 5) is 1.29. The van der Waals surface area contributed by atoms with Gasteiger partial charge in [-0.3, -0.25) is 11.3 Å². The van der Waals surface area contributed by atoms with E-state index in [1.54, 1.807) is 0 Å². The first-order valence-electron chi connectivity index (χ1n) is 5.96. The highest BCUT2D eigenvalue weighted by atomic mass is 79.9. The third-order valence-electron chi connectivity index (χ3n) is 2.59. The molecule has 0 spiro atoms. The minimum Gasteiger partial charge on any atom is -0.271 e. The molecule has 1 rings (SSSR count). The van der Waals surface area contributed by atoms with Gasteiger partial charge in [-0.05, 0) is 43.0 Å². The Bertz CT molecular complexity index is 314. The number of halogens is 1. The van der Waals surface area contributed by atoms with Gasteiger partial charge in [0.2, 0.25) is 0 Å². The van der Waals surface area contributed by atoms with Crippen LogP contribution in [0.3, 0.4) is 0 Å². The molecule has 1 aromatic carbocycles. The summed E-state index contributed by atoms with van der Waals surface area (Å²) in [5, 5.41) is 0. The van der Waals surface area contributed by atoms with Gasteiger partial charge in [0.25, 0.3) is 0 Å². The van der Waals surface area contributed by atoms with Gasteiger partial charge in [0.15, 0.2) is 0 Å². The molecule has 4 heteroatoms. The van der Waals surface area contributed by atoms with E-state index in [-0.39, 0.29) is 0 Å². The third kappa shape index (κ3) is 6.46. The highest BCUT2D eigenvalue weighted by Gasteiger charge is 2.08. The lowest BCUT2D eigenvalue weighted by Gasteiger charge is -2.16. The van der Waals surface area contributed by atoms with E-state index in [2.05, 4.69) is 59.5 Å². The Morgan fingerprint density at radius 3 is 2.41 bits per heavy atom. The van der Waals surface area contributed by atoms with E-state index in [0.717, 1.165) is 22.6 Å². The average molecular weight is 317 g/mol. The lowest BCUT2D eigenvalue weighted by Crippen LogP contribution is -2.37. The summed E-state index contributed by atoms with van der Waals surface area (Å²) in [6.07, 6.45) is 2.35. The van der Waals surface area contributed by atoms with E-state index >= 15 is 0 Å². The van der Waals surface area contributed by atoms with Crippen LogP contribution in [0, 0.1) is 5.92 Å². The van der Waals surface area contributed by atoms with E-state index in [0.29, 0.717) is 6.04 Å².